The number of amides is 2. The van der Waals surface area contributed by atoms with Crippen LogP contribution < -0.4 is 5.32 Å². The summed E-state index contributed by atoms with van der Waals surface area (Å²) in [7, 11) is 1.61. The van der Waals surface area contributed by atoms with Crippen molar-refractivity contribution in [2.75, 3.05) is 25.6 Å². The summed E-state index contributed by atoms with van der Waals surface area (Å²) in [5, 5.41) is 11.1. The van der Waals surface area contributed by atoms with E-state index in [0.717, 1.165) is 36.5 Å². The van der Waals surface area contributed by atoms with E-state index in [4.69, 9.17) is 4.74 Å². The molecule has 32 heavy (non-hydrogen) atoms. The van der Waals surface area contributed by atoms with E-state index in [1.807, 2.05) is 30.3 Å². The van der Waals surface area contributed by atoms with Crippen molar-refractivity contribution in [2.45, 2.75) is 31.8 Å². The van der Waals surface area contributed by atoms with E-state index >= 15 is 0 Å². The van der Waals surface area contributed by atoms with Crippen LogP contribution in [-0.2, 0) is 24.2 Å². The number of carbonyl (C=O) groups excluding carboxylic acids is 2. The van der Waals surface area contributed by atoms with Crippen molar-refractivity contribution in [1.82, 2.24) is 19.7 Å². The van der Waals surface area contributed by atoms with Crippen LogP contribution in [-0.4, -0.2) is 51.7 Å². The predicted molar refractivity (Wildman–Crippen MR) is 119 cm³/mol. The summed E-state index contributed by atoms with van der Waals surface area (Å²) in [4.78, 5) is 27.7. The quantitative estimate of drug-likeness (QED) is 0.648. The number of nitrogens with one attached hydrogen (secondary N) is 1. The van der Waals surface area contributed by atoms with Crippen molar-refractivity contribution in [1.29, 1.82) is 0 Å². The summed E-state index contributed by atoms with van der Waals surface area (Å²) < 4.78 is 7.19. The van der Waals surface area contributed by atoms with Gasteiger partial charge in [0.15, 0.2) is 0 Å². The van der Waals surface area contributed by atoms with Gasteiger partial charge >= 0.3 is 0 Å². The van der Waals surface area contributed by atoms with Gasteiger partial charge in [0, 0.05) is 44.8 Å². The average molecular weight is 431 g/mol. The molecule has 3 aromatic rings. The molecule has 0 spiro atoms. The number of aromatic nitrogens is 3. The molecule has 0 radical (unpaired) electrons. The maximum absolute atomic E-state index is 13.1. The van der Waals surface area contributed by atoms with E-state index in [1.54, 1.807) is 24.4 Å². The Balaban J connectivity index is 1.34. The van der Waals surface area contributed by atoms with Gasteiger partial charge in [0.1, 0.15) is 12.2 Å². The largest absolute Gasteiger partial charge is 0.383 e. The first-order valence-electron chi connectivity index (χ1n) is 10.8. The standard InChI is InChI=1S/C24H25N5O3/c1-32-11-10-28-14-18-5-3-7-20(22(18)24(28)31)23(30)26-19-6-2-4-16(12-19)17-8-9-21-27-25-15-29(21)13-17/h2-7,12,15,17H,8-11,13-14H2,1H3,(H,26,30)/t17-/m1/s1. The minimum atomic E-state index is -0.273. The van der Waals surface area contributed by atoms with Crippen molar-refractivity contribution in [3.05, 3.63) is 76.9 Å². The molecule has 0 aliphatic carbocycles. The molecule has 0 saturated heterocycles. The zero-order valence-corrected chi connectivity index (χ0v) is 18.0. The van der Waals surface area contributed by atoms with Crippen LogP contribution in [0.3, 0.4) is 0 Å². The van der Waals surface area contributed by atoms with Crippen molar-refractivity contribution in [3.63, 3.8) is 0 Å². The molecule has 1 N–H and O–H groups in total. The van der Waals surface area contributed by atoms with Gasteiger partial charge in [-0.05, 0) is 35.7 Å². The molecule has 2 aromatic carbocycles. The number of methoxy groups -OCH3 is 1. The molecule has 0 saturated carbocycles. The van der Waals surface area contributed by atoms with E-state index in [-0.39, 0.29) is 11.8 Å². The van der Waals surface area contributed by atoms with Crippen LogP contribution in [0.1, 0.15) is 50.0 Å². The number of hydrogen-bond donors (Lipinski definition) is 1. The SMILES string of the molecule is COCCN1Cc2cccc(C(=O)Nc3cccc([C@@H]4CCc5nncn5C4)c3)c2C1=O. The summed E-state index contributed by atoms with van der Waals surface area (Å²) in [6, 6.07) is 13.4. The third-order valence-corrected chi connectivity index (χ3v) is 6.27. The van der Waals surface area contributed by atoms with Crippen LogP contribution in [0, 0.1) is 0 Å². The van der Waals surface area contributed by atoms with E-state index in [9.17, 15) is 9.59 Å². The lowest BCUT2D eigenvalue weighted by Crippen LogP contribution is -2.28. The Hall–Kier alpha value is -3.52. The molecule has 2 aliphatic heterocycles. The van der Waals surface area contributed by atoms with E-state index in [0.29, 0.717) is 36.7 Å². The summed E-state index contributed by atoms with van der Waals surface area (Å²) in [6.07, 6.45) is 3.66. The zero-order valence-electron chi connectivity index (χ0n) is 18.0. The van der Waals surface area contributed by atoms with Crippen LogP contribution >= 0.6 is 0 Å². The Bertz CT molecular complexity index is 1170. The highest BCUT2D eigenvalue weighted by Crippen LogP contribution is 2.30. The number of nitrogens with zero attached hydrogens (tertiary/aromatic N) is 4. The molecule has 2 amide bonds. The fraction of sp³-hybridized carbons (Fsp3) is 0.333. The minimum absolute atomic E-state index is 0.122. The number of fused-ring (bicyclic) bond motifs is 2. The molecular weight excluding hydrogens is 406 g/mol. The first-order valence-corrected chi connectivity index (χ1v) is 10.8. The van der Waals surface area contributed by atoms with Crippen molar-refractivity contribution in [3.8, 4) is 0 Å². The van der Waals surface area contributed by atoms with Gasteiger partial charge in [0.25, 0.3) is 11.8 Å². The van der Waals surface area contributed by atoms with Crippen molar-refractivity contribution < 1.29 is 14.3 Å². The monoisotopic (exact) mass is 431 g/mol. The number of rotatable bonds is 6. The number of carbonyl (C=O) groups is 2. The number of anilines is 1. The molecular formula is C24H25N5O3. The van der Waals surface area contributed by atoms with Crippen LogP contribution in [0.2, 0.25) is 0 Å². The average Bonchev–Trinajstić information content (AvgIpc) is 3.41. The Morgan fingerprint density at radius 1 is 1.25 bits per heavy atom. The number of hydrogen-bond acceptors (Lipinski definition) is 5. The van der Waals surface area contributed by atoms with Gasteiger partial charge in [0.05, 0.1) is 17.7 Å². The Morgan fingerprint density at radius 2 is 2.12 bits per heavy atom. The number of benzene rings is 2. The molecule has 8 nitrogen and oxygen atoms in total. The molecule has 5 rings (SSSR count). The fourth-order valence-corrected chi connectivity index (χ4v) is 4.59. The lowest BCUT2D eigenvalue weighted by molar-refractivity contribution is 0.0716. The lowest BCUT2D eigenvalue weighted by atomic mass is 9.91. The van der Waals surface area contributed by atoms with E-state index in [2.05, 4.69) is 26.1 Å². The Kier molecular flexibility index (Phi) is 5.45. The highest BCUT2D eigenvalue weighted by atomic mass is 16.5. The van der Waals surface area contributed by atoms with Crippen LogP contribution in [0.15, 0.2) is 48.8 Å². The third kappa shape index (κ3) is 3.78. The van der Waals surface area contributed by atoms with Gasteiger partial charge in [0.2, 0.25) is 0 Å². The van der Waals surface area contributed by atoms with Crippen LogP contribution in [0.25, 0.3) is 0 Å². The summed E-state index contributed by atoms with van der Waals surface area (Å²) in [5.41, 5.74) is 3.66. The molecule has 1 atom stereocenters. The van der Waals surface area contributed by atoms with Gasteiger partial charge in [-0.1, -0.05) is 24.3 Å². The van der Waals surface area contributed by atoms with Crippen LogP contribution in [0.4, 0.5) is 5.69 Å². The number of ether oxygens (including phenoxy) is 1. The molecule has 0 fully saturated rings. The molecule has 0 unspecified atom stereocenters. The lowest BCUT2D eigenvalue weighted by Gasteiger charge is -2.23. The van der Waals surface area contributed by atoms with E-state index in [1.165, 1.54) is 5.56 Å². The molecule has 164 valence electrons. The maximum Gasteiger partial charge on any atom is 0.256 e. The third-order valence-electron chi connectivity index (χ3n) is 6.27. The van der Waals surface area contributed by atoms with Crippen molar-refractivity contribution >= 4 is 17.5 Å². The Labute approximate surface area is 186 Å². The van der Waals surface area contributed by atoms with Crippen LogP contribution in [0.5, 0.6) is 0 Å². The zero-order chi connectivity index (χ0) is 22.1. The normalized spacial score (nSPS) is 17.2. The molecule has 2 aliphatic rings. The van der Waals surface area contributed by atoms with E-state index < -0.39 is 0 Å². The maximum atomic E-state index is 13.1. The minimum Gasteiger partial charge on any atom is -0.383 e. The van der Waals surface area contributed by atoms with Gasteiger partial charge in [-0.15, -0.1) is 10.2 Å². The molecule has 1 aromatic heterocycles. The van der Waals surface area contributed by atoms with Gasteiger partial charge < -0.3 is 19.5 Å². The molecule has 8 heteroatoms. The van der Waals surface area contributed by atoms with Gasteiger partial charge in [-0.25, -0.2) is 0 Å². The Morgan fingerprint density at radius 3 is 3.00 bits per heavy atom. The molecule has 3 heterocycles. The molecule has 0 bridgehead atoms. The predicted octanol–water partition coefficient (Wildman–Crippen LogP) is 2.86. The van der Waals surface area contributed by atoms with Crippen molar-refractivity contribution in [2.24, 2.45) is 0 Å². The first kappa shape index (κ1) is 20.4. The van der Waals surface area contributed by atoms with Gasteiger partial charge in [-0.3, -0.25) is 9.59 Å². The summed E-state index contributed by atoms with van der Waals surface area (Å²) in [6.45, 7) is 2.30. The second-order valence-electron chi connectivity index (χ2n) is 8.27. The van der Waals surface area contributed by atoms with Gasteiger partial charge in [-0.2, -0.15) is 0 Å². The fourth-order valence-electron chi connectivity index (χ4n) is 4.59. The topological polar surface area (TPSA) is 89.3 Å². The second kappa shape index (κ2) is 8.55. The summed E-state index contributed by atoms with van der Waals surface area (Å²) >= 11 is 0. The highest BCUT2D eigenvalue weighted by molar-refractivity contribution is 6.13. The first-order chi connectivity index (χ1) is 15.6. The summed E-state index contributed by atoms with van der Waals surface area (Å²) in [5.74, 6) is 0.967. The second-order valence-corrected chi connectivity index (χ2v) is 8.27. The smallest absolute Gasteiger partial charge is 0.256 e. The number of aryl methyl sites for hydroxylation is 1. The highest BCUT2D eigenvalue weighted by Gasteiger charge is 2.31.